The first-order chi connectivity index (χ1) is 13.2. The zero-order chi connectivity index (χ0) is 18.9. The van der Waals surface area contributed by atoms with Gasteiger partial charge in [-0.1, -0.05) is 43.3 Å². The van der Waals surface area contributed by atoms with Gasteiger partial charge in [0, 0.05) is 12.1 Å². The number of aryl methyl sites for hydroxylation is 1. The van der Waals surface area contributed by atoms with Crippen molar-refractivity contribution >= 4 is 5.91 Å². The van der Waals surface area contributed by atoms with Crippen LogP contribution in [0.25, 0.3) is 0 Å². The van der Waals surface area contributed by atoms with Gasteiger partial charge in [0.05, 0.1) is 13.2 Å². The molecule has 5 heteroatoms. The molecule has 2 aromatic rings. The van der Waals surface area contributed by atoms with Gasteiger partial charge >= 0.3 is 0 Å². The molecular weight excluding hydrogens is 340 g/mol. The Labute approximate surface area is 161 Å². The van der Waals surface area contributed by atoms with Crippen LogP contribution in [0.15, 0.2) is 48.5 Å². The third-order valence-corrected chi connectivity index (χ3v) is 4.91. The summed E-state index contributed by atoms with van der Waals surface area (Å²) in [6, 6.07) is 16.2. The first kappa shape index (κ1) is 19.4. The number of hydrogen-bond acceptors (Lipinski definition) is 3. The number of quaternary nitrogens is 1. The van der Waals surface area contributed by atoms with E-state index in [9.17, 15) is 4.79 Å². The van der Waals surface area contributed by atoms with E-state index in [0.717, 1.165) is 50.6 Å². The molecule has 27 heavy (non-hydrogen) atoms. The second kappa shape index (κ2) is 10.1. The van der Waals surface area contributed by atoms with E-state index in [1.54, 1.807) is 0 Å². The van der Waals surface area contributed by atoms with Crippen LogP contribution in [0.2, 0.25) is 0 Å². The van der Waals surface area contributed by atoms with Crippen LogP contribution in [0, 0.1) is 0 Å². The molecule has 1 amide bonds. The lowest BCUT2D eigenvalue weighted by Gasteiger charge is -2.24. The highest BCUT2D eigenvalue weighted by molar-refractivity contribution is 5.77. The Morgan fingerprint density at radius 2 is 1.89 bits per heavy atom. The summed E-state index contributed by atoms with van der Waals surface area (Å²) in [5.41, 5.74) is 3.65. The maximum absolute atomic E-state index is 12.2. The number of hydrogen-bond donors (Lipinski definition) is 2. The lowest BCUT2D eigenvalue weighted by molar-refractivity contribution is -0.921. The molecule has 1 aliphatic heterocycles. The maximum atomic E-state index is 12.2. The Balaban J connectivity index is 1.49. The standard InChI is InChI=1S/C22H28N2O3/c1-2-18-6-5-9-21(14-18)27-17-22(25)23-15-19-7-3-4-8-20(19)16-24-10-12-26-13-11-24/h3-9,14H,2,10-13,15-17H2,1H3,(H,23,25)/p+1. The summed E-state index contributed by atoms with van der Waals surface area (Å²) < 4.78 is 11.1. The number of carbonyl (C=O) groups excluding carboxylic acids is 1. The van der Waals surface area contributed by atoms with Gasteiger partial charge in [0.25, 0.3) is 5.91 Å². The average Bonchev–Trinajstić information content (AvgIpc) is 2.72. The van der Waals surface area contributed by atoms with E-state index in [4.69, 9.17) is 9.47 Å². The van der Waals surface area contributed by atoms with Gasteiger partial charge in [-0.25, -0.2) is 0 Å². The van der Waals surface area contributed by atoms with Gasteiger partial charge < -0.3 is 19.7 Å². The maximum Gasteiger partial charge on any atom is 0.258 e. The van der Waals surface area contributed by atoms with E-state index in [1.165, 1.54) is 16.0 Å². The number of carbonyl (C=O) groups is 1. The summed E-state index contributed by atoms with van der Waals surface area (Å²) in [6.45, 7) is 7.34. The molecule has 5 nitrogen and oxygen atoms in total. The zero-order valence-corrected chi connectivity index (χ0v) is 16.0. The van der Waals surface area contributed by atoms with Gasteiger partial charge in [0.2, 0.25) is 0 Å². The number of benzene rings is 2. The Morgan fingerprint density at radius 3 is 2.67 bits per heavy atom. The van der Waals surface area contributed by atoms with Gasteiger partial charge in [-0.2, -0.15) is 0 Å². The molecule has 0 atom stereocenters. The van der Waals surface area contributed by atoms with Gasteiger partial charge in [-0.15, -0.1) is 0 Å². The minimum atomic E-state index is -0.106. The third kappa shape index (κ3) is 6.08. The van der Waals surface area contributed by atoms with Crippen molar-refractivity contribution < 1.29 is 19.2 Å². The van der Waals surface area contributed by atoms with Crippen LogP contribution in [0.1, 0.15) is 23.6 Å². The molecule has 0 saturated carbocycles. The molecule has 0 unspecified atom stereocenters. The first-order valence-electron chi connectivity index (χ1n) is 9.71. The molecule has 1 aliphatic rings. The van der Waals surface area contributed by atoms with Crippen molar-refractivity contribution in [3.63, 3.8) is 0 Å². The third-order valence-electron chi connectivity index (χ3n) is 4.91. The van der Waals surface area contributed by atoms with Crippen LogP contribution in [0.4, 0.5) is 0 Å². The van der Waals surface area contributed by atoms with Gasteiger partial charge in [0.1, 0.15) is 25.4 Å². The highest BCUT2D eigenvalue weighted by atomic mass is 16.5. The number of amides is 1. The van der Waals surface area contributed by atoms with E-state index < -0.39 is 0 Å². The monoisotopic (exact) mass is 369 g/mol. The fourth-order valence-electron chi connectivity index (χ4n) is 3.26. The van der Waals surface area contributed by atoms with Crippen LogP contribution in [-0.2, 0) is 29.0 Å². The molecule has 3 rings (SSSR count). The molecular formula is C22H29N2O3+. The molecule has 0 bridgehead atoms. The van der Waals surface area contributed by atoms with E-state index >= 15 is 0 Å². The minimum Gasteiger partial charge on any atom is -0.484 e. The highest BCUT2D eigenvalue weighted by Gasteiger charge is 2.16. The second-order valence-electron chi connectivity index (χ2n) is 6.87. The van der Waals surface area contributed by atoms with Crippen molar-refractivity contribution in [2.75, 3.05) is 32.9 Å². The molecule has 1 fully saturated rings. The molecule has 1 saturated heterocycles. The van der Waals surface area contributed by atoms with Crippen LogP contribution in [-0.4, -0.2) is 38.8 Å². The van der Waals surface area contributed by atoms with E-state index in [1.807, 2.05) is 24.3 Å². The van der Waals surface area contributed by atoms with Crippen molar-refractivity contribution in [1.29, 1.82) is 0 Å². The first-order valence-corrected chi connectivity index (χ1v) is 9.71. The smallest absolute Gasteiger partial charge is 0.258 e. The van der Waals surface area contributed by atoms with E-state index in [2.05, 4.69) is 36.5 Å². The van der Waals surface area contributed by atoms with Crippen molar-refractivity contribution in [3.8, 4) is 5.75 Å². The molecule has 0 aliphatic carbocycles. The summed E-state index contributed by atoms with van der Waals surface area (Å²) >= 11 is 0. The van der Waals surface area contributed by atoms with Crippen LogP contribution in [0.3, 0.4) is 0 Å². The molecule has 144 valence electrons. The largest absolute Gasteiger partial charge is 0.484 e. The summed E-state index contributed by atoms with van der Waals surface area (Å²) in [4.78, 5) is 13.7. The summed E-state index contributed by atoms with van der Waals surface area (Å²) in [5, 5.41) is 2.98. The van der Waals surface area contributed by atoms with E-state index in [-0.39, 0.29) is 12.5 Å². The quantitative estimate of drug-likeness (QED) is 0.739. The fraction of sp³-hybridized carbons (Fsp3) is 0.409. The average molecular weight is 369 g/mol. The summed E-state index contributed by atoms with van der Waals surface area (Å²) in [7, 11) is 0. The Bertz CT molecular complexity index is 742. The molecule has 2 aromatic carbocycles. The molecule has 2 N–H and O–H groups in total. The topological polar surface area (TPSA) is 52.0 Å². The fourth-order valence-corrected chi connectivity index (χ4v) is 3.26. The van der Waals surface area contributed by atoms with Gasteiger partial charge in [-0.05, 0) is 29.7 Å². The Hall–Kier alpha value is -2.37. The zero-order valence-electron chi connectivity index (χ0n) is 16.0. The summed E-state index contributed by atoms with van der Waals surface area (Å²) in [5.74, 6) is 0.631. The lowest BCUT2D eigenvalue weighted by atomic mass is 10.1. The van der Waals surface area contributed by atoms with E-state index in [0.29, 0.717) is 6.54 Å². The van der Waals surface area contributed by atoms with Crippen molar-refractivity contribution in [1.82, 2.24) is 5.32 Å². The van der Waals surface area contributed by atoms with Crippen molar-refractivity contribution in [2.24, 2.45) is 0 Å². The second-order valence-corrected chi connectivity index (χ2v) is 6.87. The Morgan fingerprint density at radius 1 is 1.11 bits per heavy atom. The highest BCUT2D eigenvalue weighted by Crippen LogP contribution is 2.13. The number of morpholine rings is 1. The predicted molar refractivity (Wildman–Crippen MR) is 105 cm³/mol. The molecule has 1 heterocycles. The summed E-state index contributed by atoms with van der Waals surface area (Å²) in [6.07, 6.45) is 0.950. The SMILES string of the molecule is CCc1cccc(OCC(=O)NCc2ccccc2C[NH+]2CCOCC2)c1. The normalized spacial score (nSPS) is 14.7. The molecule has 0 spiro atoms. The predicted octanol–water partition coefficient (Wildman–Crippen LogP) is 1.36. The van der Waals surface area contributed by atoms with Gasteiger partial charge in [-0.3, -0.25) is 4.79 Å². The van der Waals surface area contributed by atoms with Crippen molar-refractivity contribution in [3.05, 3.63) is 65.2 Å². The van der Waals surface area contributed by atoms with Crippen LogP contribution < -0.4 is 15.0 Å². The molecule has 0 aromatic heterocycles. The van der Waals surface area contributed by atoms with Gasteiger partial charge in [0.15, 0.2) is 6.61 Å². The lowest BCUT2D eigenvalue weighted by Crippen LogP contribution is -3.12. The number of nitrogens with one attached hydrogen (secondary N) is 2. The van der Waals surface area contributed by atoms with Crippen molar-refractivity contribution in [2.45, 2.75) is 26.4 Å². The Kier molecular flexibility index (Phi) is 7.25. The van der Waals surface area contributed by atoms with Crippen LogP contribution in [0.5, 0.6) is 5.75 Å². The molecule has 0 radical (unpaired) electrons. The number of rotatable bonds is 8. The number of ether oxygens (including phenoxy) is 2. The minimum absolute atomic E-state index is 0.0318. The van der Waals surface area contributed by atoms with Crippen LogP contribution >= 0.6 is 0 Å².